The van der Waals surface area contributed by atoms with Gasteiger partial charge in [-0.05, 0) is 30.5 Å². The molecule has 1 aliphatic heterocycles. The number of hydrogen-bond donors (Lipinski definition) is 2. The number of nitrogens with one attached hydrogen (secondary N) is 1. The largest absolute Gasteiger partial charge is 0.492 e. The van der Waals surface area contributed by atoms with Crippen molar-refractivity contribution in [3.8, 4) is 5.75 Å². The Bertz CT molecular complexity index is 629. The van der Waals surface area contributed by atoms with E-state index in [2.05, 4.69) is 0 Å². The molecule has 0 radical (unpaired) electrons. The minimum absolute atomic E-state index is 0.176. The minimum Gasteiger partial charge on any atom is -0.492 e. The number of sulfonamides is 1. The summed E-state index contributed by atoms with van der Waals surface area (Å²) in [5.41, 5.74) is 6.53. The summed E-state index contributed by atoms with van der Waals surface area (Å²) in [5, 5.41) is 0. The molecule has 118 valence electrons. The SMILES string of the molecule is Nc1cc2c(c(S(=O)(=O)NCCC(F)(F)F)c1)OCCC2. The van der Waals surface area contributed by atoms with Crippen LogP contribution in [-0.2, 0) is 16.4 Å². The van der Waals surface area contributed by atoms with Crippen LogP contribution in [0.2, 0.25) is 0 Å². The highest BCUT2D eigenvalue weighted by Gasteiger charge is 2.29. The molecule has 5 nitrogen and oxygen atoms in total. The van der Waals surface area contributed by atoms with Crippen LogP contribution >= 0.6 is 0 Å². The van der Waals surface area contributed by atoms with Crippen molar-refractivity contribution in [1.82, 2.24) is 4.72 Å². The lowest BCUT2D eigenvalue weighted by molar-refractivity contribution is -0.132. The Labute approximate surface area is 120 Å². The molecular formula is C12H15F3N2O3S. The van der Waals surface area contributed by atoms with Crippen LogP contribution in [0.4, 0.5) is 18.9 Å². The van der Waals surface area contributed by atoms with Crippen molar-refractivity contribution < 1.29 is 26.3 Å². The fourth-order valence-corrected chi connectivity index (χ4v) is 3.33. The fourth-order valence-electron chi connectivity index (χ4n) is 2.07. The zero-order valence-electron chi connectivity index (χ0n) is 11.0. The first kappa shape index (κ1) is 15.9. The smallest absolute Gasteiger partial charge is 0.390 e. The Hall–Kier alpha value is -1.48. The molecule has 0 saturated carbocycles. The molecule has 0 atom stereocenters. The average molecular weight is 324 g/mol. The van der Waals surface area contributed by atoms with E-state index in [0.717, 1.165) is 6.42 Å². The molecular weight excluding hydrogens is 309 g/mol. The maximum Gasteiger partial charge on any atom is 0.390 e. The highest BCUT2D eigenvalue weighted by molar-refractivity contribution is 7.89. The number of aryl methyl sites for hydroxylation is 1. The van der Waals surface area contributed by atoms with Gasteiger partial charge in [-0.1, -0.05) is 0 Å². The highest BCUT2D eigenvalue weighted by atomic mass is 32.2. The number of fused-ring (bicyclic) bond motifs is 1. The summed E-state index contributed by atoms with van der Waals surface area (Å²) in [6, 6.07) is 2.81. The predicted molar refractivity (Wildman–Crippen MR) is 70.5 cm³/mol. The zero-order chi connectivity index (χ0) is 15.7. The number of hydrogen-bond acceptors (Lipinski definition) is 4. The van der Waals surface area contributed by atoms with Crippen LogP contribution < -0.4 is 15.2 Å². The van der Waals surface area contributed by atoms with Crippen LogP contribution in [0.5, 0.6) is 5.75 Å². The second kappa shape index (κ2) is 5.72. The number of ether oxygens (including phenoxy) is 1. The lowest BCUT2D eigenvalue weighted by Crippen LogP contribution is -2.29. The molecule has 9 heteroatoms. The van der Waals surface area contributed by atoms with Crippen LogP contribution in [0.1, 0.15) is 18.4 Å². The van der Waals surface area contributed by atoms with E-state index >= 15 is 0 Å². The van der Waals surface area contributed by atoms with E-state index in [1.165, 1.54) is 6.07 Å². The van der Waals surface area contributed by atoms with E-state index in [4.69, 9.17) is 10.5 Å². The molecule has 0 aromatic heterocycles. The molecule has 2 rings (SSSR count). The van der Waals surface area contributed by atoms with Gasteiger partial charge in [-0.25, -0.2) is 13.1 Å². The van der Waals surface area contributed by atoms with Crippen LogP contribution in [0.3, 0.4) is 0 Å². The van der Waals surface area contributed by atoms with Crippen LogP contribution in [0, 0.1) is 0 Å². The number of alkyl halides is 3. The Morgan fingerprint density at radius 3 is 2.71 bits per heavy atom. The van der Waals surface area contributed by atoms with Gasteiger partial charge >= 0.3 is 6.18 Å². The van der Waals surface area contributed by atoms with E-state index in [9.17, 15) is 21.6 Å². The van der Waals surface area contributed by atoms with Gasteiger partial charge in [0.2, 0.25) is 10.0 Å². The number of rotatable bonds is 4. The first-order valence-corrected chi connectivity index (χ1v) is 7.79. The topological polar surface area (TPSA) is 81.4 Å². The third kappa shape index (κ3) is 4.01. The highest BCUT2D eigenvalue weighted by Crippen LogP contribution is 2.34. The maximum atomic E-state index is 12.1. The Kier molecular flexibility index (Phi) is 4.33. The number of nitrogen functional groups attached to an aromatic ring is 1. The van der Waals surface area contributed by atoms with E-state index in [1.54, 1.807) is 6.07 Å². The summed E-state index contributed by atoms with van der Waals surface area (Å²) in [4.78, 5) is -0.209. The molecule has 0 spiro atoms. The Morgan fingerprint density at radius 2 is 2.05 bits per heavy atom. The van der Waals surface area contributed by atoms with Crippen molar-refractivity contribution in [2.45, 2.75) is 30.3 Å². The van der Waals surface area contributed by atoms with E-state index in [0.29, 0.717) is 18.6 Å². The maximum absolute atomic E-state index is 12.1. The number of nitrogens with two attached hydrogens (primary N) is 1. The molecule has 0 saturated heterocycles. The van der Waals surface area contributed by atoms with Gasteiger partial charge in [-0.2, -0.15) is 13.2 Å². The Balaban J connectivity index is 2.25. The van der Waals surface area contributed by atoms with Crippen molar-refractivity contribution in [3.05, 3.63) is 17.7 Å². The fraction of sp³-hybridized carbons (Fsp3) is 0.500. The third-order valence-corrected chi connectivity index (χ3v) is 4.45. The number of anilines is 1. The molecule has 3 N–H and O–H groups in total. The van der Waals surface area contributed by atoms with Crippen LogP contribution in [0.15, 0.2) is 17.0 Å². The number of benzene rings is 1. The van der Waals surface area contributed by atoms with Crippen molar-refractivity contribution >= 4 is 15.7 Å². The average Bonchev–Trinajstić information content (AvgIpc) is 2.35. The molecule has 0 bridgehead atoms. The van der Waals surface area contributed by atoms with Gasteiger partial charge in [0.1, 0.15) is 10.6 Å². The van der Waals surface area contributed by atoms with E-state index < -0.39 is 29.2 Å². The van der Waals surface area contributed by atoms with Gasteiger partial charge in [-0.3, -0.25) is 0 Å². The molecule has 0 aliphatic carbocycles. The quantitative estimate of drug-likeness (QED) is 0.828. The van der Waals surface area contributed by atoms with Gasteiger partial charge in [-0.15, -0.1) is 0 Å². The normalized spacial score (nSPS) is 15.4. The van der Waals surface area contributed by atoms with Crippen molar-refractivity contribution in [1.29, 1.82) is 0 Å². The molecule has 1 heterocycles. The second-order valence-corrected chi connectivity index (χ2v) is 6.46. The number of halogens is 3. The minimum atomic E-state index is -4.42. The standard InChI is InChI=1S/C12H15F3N2O3S/c13-12(14,15)3-4-17-21(18,19)10-7-9(16)6-8-2-1-5-20-11(8)10/h6-7,17H,1-5,16H2. The monoisotopic (exact) mass is 324 g/mol. The Morgan fingerprint density at radius 1 is 1.33 bits per heavy atom. The lowest BCUT2D eigenvalue weighted by atomic mass is 10.1. The summed E-state index contributed by atoms with van der Waals surface area (Å²) < 4.78 is 67.8. The van der Waals surface area contributed by atoms with Gasteiger partial charge in [0, 0.05) is 12.2 Å². The first-order chi connectivity index (χ1) is 9.69. The van der Waals surface area contributed by atoms with Crippen molar-refractivity contribution in [3.63, 3.8) is 0 Å². The third-order valence-electron chi connectivity index (χ3n) is 2.98. The molecule has 0 unspecified atom stereocenters. The summed E-state index contributed by atoms with van der Waals surface area (Å²) in [6.07, 6.45) is -4.31. The van der Waals surface area contributed by atoms with Gasteiger partial charge in [0.15, 0.2) is 0 Å². The molecule has 1 aromatic carbocycles. The second-order valence-electron chi connectivity index (χ2n) is 4.72. The molecule has 0 fully saturated rings. The molecule has 1 aromatic rings. The van der Waals surface area contributed by atoms with E-state index in [1.807, 2.05) is 4.72 Å². The van der Waals surface area contributed by atoms with Gasteiger partial charge in [0.05, 0.1) is 13.0 Å². The van der Waals surface area contributed by atoms with Gasteiger partial charge < -0.3 is 10.5 Å². The summed E-state index contributed by atoms with van der Waals surface area (Å²) >= 11 is 0. The lowest BCUT2D eigenvalue weighted by Gasteiger charge is -2.21. The summed E-state index contributed by atoms with van der Waals surface area (Å²) in [6.45, 7) is -0.364. The van der Waals surface area contributed by atoms with E-state index in [-0.39, 0.29) is 16.3 Å². The first-order valence-electron chi connectivity index (χ1n) is 6.31. The zero-order valence-corrected chi connectivity index (χ0v) is 11.9. The van der Waals surface area contributed by atoms with Gasteiger partial charge in [0.25, 0.3) is 0 Å². The van der Waals surface area contributed by atoms with Crippen LogP contribution in [-0.4, -0.2) is 27.7 Å². The van der Waals surface area contributed by atoms with Crippen molar-refractivity contribution in [2.24, 2.45) is 0 Å². The molecule has 0 amide bonds. The molecule has 21 heavy (non-hydrogen) atoms. The van der Waals surface area contributed by atoms with Crippen LogP contribution in [0.25, 0.3) is 0 Å². The van der Waals surface area contributed by atoms with Crippen molar-refractivity contribution in [2.75, 3.05) is 18.9 Å². The molecule has 1 aliphatic rings. The summed E-state index contributed by atoms with van der Waals surface area (Å²) in [5.74, 6) is 0.176. The summed E-state index contributed by atoms with van der Waals surface area (Å²) in [7, 11) is -4.10. The predicted octanol–water partition coefficient (Wildman–Crippen LogP) is 1.82.